The molecule has 1 atom stereocenters. The van der Waals surface area contributed by atoms with Gasteiger partial charge in [-0.25, -0.2) is 4.98 Å². The number of hydrogen-bond donors (Lipinski definition) is 1. The summed E-state index contributed by atoms with van der Waals surface area (Å²) in [5, 5.41) is 4.13. The molecule has 2 heterocycles. The van der Waals surface area contributed by atoms with Crippen molar-refractivity contribution in [3.05, 3.63) is 40.4 Å². The number of amides is 2. The SMILES string of the molecule is CC(=O)N1CCN(c2nc3c(s2)C[C@H](C(=O)Nc2ccccc2C)CC3)CC1. The van der Waals surface area contributed by atoms with Crippen molar-refractivity contribution in [2.75, 3.05) is 36.4 Å². The molecule has 1 saturated heterocycles. The molecule has 7 heteroatoms. The molecule has 6 nitrogen and oxygen atoms in total. The molecule has 1 fully saturated rings. The van der Waals surface area contributed by atoms with Crippen LogP contribution in [0.3, 0.4) is 0 Å². The fraction of sp³-hybridized carbons (Fsp3) is 0.476. The number of thiazole rings is 1. The highest BCUT2D eigenvalue weighted by Gasteiger charge is 2.29. The summed E-state index contributed by atoms with van der Waals surface area (Å²) in [5.74, 6) is 0.237. The van der Waals surface area contributed by atoms with Crippen molar-refractivity contribution in [2.24, 2.45) is 5.92 Å². The molecule has 0 saturated carbocycles. The van der Waals surface area contributed by atoms with Crippen LogP contribution < -0.4 is 10.2 Å². The fourth-order valence-electron chi connectivity index (χ4n) is 3.88. The third-order valence-electron chi connectivity index (χ3n) is 5.70. The van der Waals surface area contributed by atoms with E-state index in [0.29, 0.717) is 0 Å². The van der Waals surface area contributed by atoms with Crippen molar-refractivity contribution in [1.29, 1.82) is 0 Å². The van der Waals surface area contributed by atoms with Gasteiger partial charge in [0.1, 0.15) is 0 Å². The van der Waals surface area contributed by atoms with Gasteiger partial charge in [-0.2, -0.15) is 0 Å². The number of para-hydroxylation sites is 1. The Labute approximate surface area is 169 Å². The van der Waals surface area contributed by atoms with Gasteiger partial charge in [-0.1, -0.05) is 18.2 Å². The normalized spacial score (nSPS) is 19.3. The highest BCUT2D eigenvalue weighted by atomic mass is 32.1. The van der Waals surface area contributed by atoms with Crippen LogP contribution in [0.1, 0.15) is 29.5 Å². The Hall–Kier alpha value is -2.41. The Kier molecular flexibility index (Phi) is 5.35. The van der Waals surface area contributed by atoms with Crippen LogP contribution in [0.15, 0.2) is 24.3 Å². The first-order chi connectivity index (χ1) is 13.5. The van der Waals surface area contributed by atoms with Crippen LogP contribution in [0.5, 0.6) is 0 Å². The minimum atomic E-state index is -0.00466. The molecular formula is C21H26N4O2S. The zero-order chi connectivity index (χ0) is 19.7. The third-order valence-corrected chi connectivity index (χ3v) is 6.88. The Morgan fingerprint density at radius 3 is 2.64 bits per heavy atom. The Balaban J connectivity index is 1.40. The van der Waals surface area contributed by atoms with E-state index < -0.39 is 0 Å². The van der Waals surface area contributed by atoms with Gasteiger partial charge in [0.25, 0.3) is 0 Å². The average Bonchev–Trinajstić information content (AvgIpc) is 3.13. The van der Waals surface area contributed by atoms with E-state index in [2.05, 4.69) is 10.2 Å². The molecule has 2 amide bonds. The van der Waals surface area contributed by atoms with Crippen LogP contribution in [-0.2, 0) is 22.4 Å². The lowest BCUT2D eigenvalue weighted by molar-refractivity contribution is -0.129. The maximum atomic E-state index is 12.8. The summed E-state index contributed by atoms with van der Waals surface area (Å²) in [4.78, 5) is 34.5. The number of benzene rings is 1. The van der Waals surface area contributed by atoms with Gasteiger partial charge in [-0.05, 0) is 37.8 Å². The minimum Gasteiger partial charge on any atom is -0.345 e. The second-order valence-corrected chi connectivity index (χ2v) is 8.67. The summed E-state index contributed by atoms with van der Waals surface area (Å²) in [6.07, 6.45) is 2.45. The van der Waals surface area contributed by atoms with Gasteiger partial charge >= 0.3 is 0 Å². The van der Waals surface area contributed by atoms with E-state index in [4.69, 9.17) is 4.98 Å². The van der Waals surface area contributed by atoms with Crippen molar-refractivity contribution in [1.82, 2.24) is 9.88 Å². The number of carbonyl (C=O) groups is 2. The number of fused-ring (bicyclic) bond motifs is 1. The van der Waals surface area contributed by atoms with Crippen molar-refractivity contribution >= 4 is 34.0 Å². The first-order valence-corrected chi connectivity index (χ1v) is 10.7. The molecule has 28 heavy (non-hydrogen) atoms. The van der Waals surface area contributed by atoms with Gasteiger partial charge in [0.2, 0.25) is 11.8 Å². The Morgan fingerprint density at radius 1 is 1.18 bits per heavy atom. The molecule has 0 unspecified atom stereocenters. The zero-order valence-electron chi connectivity index (χ0n) is 16.4. The third kappa shape index (κ3) is 3.90. The molecule has 1 aliphatic heterocycles. The van der Waals surface area contributed by atoms with Crippen LogP contribution in [0.25, 0.3) is 0 Å². The maximum absolute atomic E-state index is 12.8. The highest BCUT2D eigenvalue weighted by molar-refractivity contribution is 7.15. The van der Waals surface area contributed by atoms with Crippen molar-refractivity contribution < 1.29 is 9.59 Å². The number of nitrogens with one attached hydrogen (secondary N) is 1. The van der Waals surface area contributed by atoms with Crippen LogP contribution in [-0.4, -0.2) is 47.9 Å². The van der Waals surface area contributed by atoms with E-state index in [0.717, 1.165) is 67.5 Å². The number of nitrogens with zero attached hydrogens (tertiary/aromatic N) is 3. The Morgan fingerprint density at radius 2 is 1.93 bits per heavy atom. The van der Waals surface area contributed by atoms with Crippen molar-refractivity contribution in [3.63, 3.8) is 0 Å². The largest absolute Gasteiger partial charge is 0.345 e. The van der Waals surface area contributed by atoms with E-state index in [1.807, 2.05) is 36.1 Å². The maximum Gasteiger partial charge on any atom is 0.227 e. The molecule has 2 aromatic rings. The molecule has 1 N–H and O–H groups in total. The van der Waals surface area contributed by atoms with Crippen molar-refractivity contribution in [2.45, 2.75) is 33.1 Å². The zero-order valence-corrected chi connectivity index (χ0v) is 17.2. The average molecular weight is 399 g/mol. The summed E-state index contributed by atoms with van der Waals surface area (Å²) in [5.41, 5.74) is 3.12. The monoisotopic (exact) mass is 398 g/mol. The quantitative estimate of drug-likeness (QED) is 0.863. The van der Waals surface area contributed by atoms with E-state index in [1.54, 1.807) is 18.3 Å². The first-order valence-electron chi connectivity index (χ1n) is 9.87. The summed E-state index contributed by atoms with van der Waals surface area (Å²) in [6.45, 7) is 6.78. The van der Waals surface area contributed by atoms with E-state index in [-0.39, 0.29) is 17.7 Å². The van der Waals surface area contributed by atoms with Crippen LogP contribution in [0.4, 0.5) is 10.8 Å². The standard InChI is InChI=1S/C21H26N4O2S/c1-14-5-3-4-6-17(14)22-20(27)16-7-8-18-19(13-16)28-21(23-18)25-11-9-24(10-12-25)15(2)26/h3-6,16H,7-13H2,1-2H3,(H,22,27)/t16-/m1/s1. The summed E-state index contributed by atoms with van der Waals surface area (Å²) < 4.78 is 0. The number of aryl methyl sites for hydroxylation is 2. The van der Waals surface area contributed by atoms with Gasteiger partial charge in [-0.3, -0.25) is 9.59 Å². The second kappa shape index (κ2) is 7.91. The second-order valence-electron chi connectivity index (χ2n) is 7.60. The molecule has 4 rings (SSSR count). The van der Waals surface area contributed by atoms with Gasteiger partial charge in [0.15, 0.2) is 5.13 Å². The lowest BCUT2D eigenvalue weighted by Gasteiger charge is -2.33. The predicted octanol–water partition coefficient (Wildman–Crippen LogP) is 2.86. The van der Waals surface area contributed by atoms with E-state index >= 15 is 0 Å². The molecule has 1 aromatic heterocycles. The lowest BCUT2D eigenvalue weighted by atomic mass is 9.90. The summed E-state index contributed by atoms with van der Waals surface area (Å²) >= 11 is 1.71. The van der Waals surface area contributed by atoms with Gasteiger partial charge < -0.3 is 15.1 Å². The van der Waals surface area contributed by atoms with E-state index in [1.165, 1.54) is 4.88 Å². The highest BCUT2D eigenvalue weighted by Crippen LogP contribution is 2.35. The minimum absolute atomic E-state index is 0.00466. The molecule has 0 spiro atoms. The number of anilines is 2. The Bertz CT molecular complexity index is 886. The molecule has 148 valence electrons. The summed E-state index contributed by atoms with van der Waals surface area (Å²) in [7, 11) is 0. The molecule has 1 aromatic carbocycles. The molecule has 2 aliphatic rings. The smallest absolute Gasteiger partial charge is 0.227 e. The van der Waals surface area contributed by atoms with Gasteiger partial charge in [0.05, 0.1) is 5.69 Å². The number of rotatable bonds is 3. The molecular weight excluding hydrogens is 372 g/mol. The predicted molar refractivity (Wildman–Crippen MR) is 112 cm³/mol. The topological polar surface area (TPSA) is 65.5 Å². The number of carbonyl (C=O) groups excluding carboxylic acids is 2. The van der Waals surface area contributed by atoms with Crippen molar-refractivity contribution in [3.8, 4) is 0 Å². The van der Waals surface area contributed by atoms with Crippen LogP contribution in [0, 0.1) is 12.8 Å². The number of piperazine rings is 1. The van der Waals surface area contributed by atoms with Gasteiger partial charge in [-0.15, -0.1) is 11.3 Å². The van der Waals surface area contributed by atoms with Crippen LogP contribution >= 0.6 is 11.3 Å². The number of aromatic nitrogens is 1. The molecule has 0 radical (unpaired) electrons. The van der Waals surface area contributed by atoms with Crippen LogP contribution in [0.2, 0.25) is 0 Å². The molecule has 0 bridgehead atoms. The summed E-state index contributed by atoms with van der Waals surface area (Å²) in [6, 6.07) is 7.89. The fourth-order valence-corrected chi connectivity index (χ4v) is 5.12. The first kappa shape index (κ1) is 18.9. The van der Waals surface area contributed by atoms with Gasteiger partial charge in [0, 0.05) is 49.6 Å². The lowest BCUT2D eigenvalue weighted by Crippen LogP contribution is -2.48. The molecule has 1 aliphatic carbocycles. The van der Waals surface area contributed by atoms with E-state index in [9.17, 15) is 9.59 Å². The number of hydrogen-bond acceptors (Lipinski definition) is 5.